The van der Waals surface area contributed by atoms with E-state index in [4.69, 9.17) is 9.47 Å². The number of aryl methyl sites for hydroxylation is 1. The van der Waals surface area contributed by atoms with Gasteiger partial charge in [-0.15, -0.1) is 0 Å². The minimum absolute atomic E-state index is 0.268. The third-order valence-electron chi connectivity index (χ3n) is 3.26. The molecule has 0 saturated carbocycles. The quantitative estimate of drug-likeness (QED) is 0.756. The Labute approximate surface area is 139 Å². The second-order valence-electron chi connectivity index (χ2n) is 6.70. The third-order valence-corrected chi connectivity index (χ3v) is 3.26. The number of hydrogen-bond donors (Lipinski definition) is 2. The van der Waals surface area contributed by atoms with Crippen molar-refractivity contribution in [3.05, 3.63) is 29.8 Å². The van der Waals surface area contributed by atoms with Crippen molar-refractivity contribution in [1.29, 1.82) is 0 Å². The molecule has 1 aromatic rings. The summed E-state index contributed by atoms with van der Waals surface area (Å²) in [5.41, 5.74) is 0.577. The molecule has 0 heterocycles. The zero-order valence-corrected chi connectivity index (χ0v) is 14.8. The molecule has 0 aliphatic heterocycles. The van der Waals surface area contributed by atoms with Gasteiger partial charge in [-0.2, -0.15) is 0 Å². The van der Waals surface area contributed by atoms with E-state index in [9.17, 15) is 9.90 Å². The first kappa shape index (κ1) is 19.3. The van der Waals surface area contributed by atoms with Gasteiger partial charge in [0.1, 0.15) is 17.5 Å². The number of benzene rings is 1. The third kappa shape index (κ3) is 7.88. The smallest absolute Gasteiger partial charge is 0.407 e. The van der Waals surface area contributed by atoms with E-state index in [2.05, 4.69) is 5.32 Å². The van der Waals surface area contributed by atoms with E-state index >= 15 is 0 Å². The average Bonchev–Trinajstić information content (AvgIpc) is 2.43. The van der Waals surface area contributed by atoms with Gasteiger partial charge >= 0.3 is 6.09 Å². The minimum atomic E-state index is -0.531. The molecule has 0 fully saturated rings. The maximum atomic E-state index is 11.6. The van der Waals surface area contributed by atoms with Crippen molar-refractivity contribution in [2.45, 2.75) is 65.3 Å². The Morgan fingerprint density at radius 2 is 1.91 bits per heavy atom. The Balaban J connectivity index is 2.45. The maximum absolute atomic E-state index is 11.6. The summed E-state index contributed by atoms with van der Waals surface area (Å²) < 4.78 is 11.0. The number of carbonyl (C=O) groups excluding carboxylic acids is 1. The van der Waals surface area contributed by atoms with Gasteiger partial charge in [-0.1, -0.05) is 18.2 Å². The number of rotatable bonds is 7. The highest BCUT2D eigenvalue weighted by molar-refractivity contribution is 5.67. The molecular weight excluding hydrogens is 294 g/mol. The van der Waals surface area contributed by atoms with E-state index < -0.39 is 17.8 Å². The molecule has 5 nitrogen and oxygen atoms in total. The van der Waals surface area contributed by atoms with Crippen LogP contribution < -0.4 is 10.1 Å². The predicted molar refractivity (Wildman–Crippen MR) is 90.8 cm³/mol. The fraction of sp³-hybridized carbons (Fsp3) is 0.611. The van der Waals surface area contributed by atoms with Gasteiger partial charge in [0.05, 0.1) is 6.10 Å². The van der Waals surface area contributed by atoms with Crippen LogP contribution in [0.4, 0.5) is 4.79 Å². The zero-order chi connectivity index (χ0) is 17.5. The molecular formula is C18H29NO4. The van der Waals surface area contributed by atoms with E-state index in [-0.39, 0.29) is 6.10 Å². The van der Waals surface area contributed by atoms with Gasteiger partial charge in [0.25, 0.3) is 0 Å². The van der Waals surface area contributed by atoms with Crippen molar-refractivity contribution in [1.82, 2.24) is 5.32 Å². The van der Waals surface area contributed by atoms with E-state index in [1.54, 1.807) is 6.92 Å². The summed E-state index contributed by atoms with van der Waals surface area (Å²) in [6.07, 6.45) is 0.360. The summed E-state index contributed by atoms with van der Waals surface area (Å²) in [4.78, 5) is 11.6. The molecule has 1 aromatic carbocycles. The Kier molecular flexibility index (Phi) is 7.36. The van der Waals surface area contributed by atoms with E-state index in [0.29, 0.717) is 6.54 Å². The van der Waals surface area contributed by atoms with Gasteiger partial charge < -0.3 is 19.9 Å². The topological polar surface area (TPSA) is 67.8 Å². The molecule has 0 radical (unpaired) electrons. The van der Waals surface area contributed by atoms with Crippen molar-refractivity contribution in [3.63, 3.8) is 0 Å². The normalized spacial score (nSPS) is 14.0. The van der Waals surface area contributed by atoms with Gasteiger partial charge in [0, 0.05) is 6.54 Å². The van der Waals surface area contributed by atoms with Crippen LogP contribution in [-0.2, 0) is 11.2 Å². The lowest BCUT2D eigenvalue weighted by atomic mass is 10.1. The van der Waals surface area contributed by atoms with Crippen LogP contribution in [0.2, 0.25) is 0 Å². The molecule has 1 amide bonds. The van der Waals surface area contributed by atoms with Crippen LogP contribution in [-0.4, -0.2) is 35.6 Å². The SMILES string of the molecule is C[C@H](O)[C@@H](C)Oc1ccccc1CCCNC(=O)OC(C)(C)C. The molecule has 23 heavy (non-hydrogen) atoms. The standard InChI is InChI=1S/C18H29NO4/c1-13(20)14(2)22-16-11-7-6-9-15(16)10-8-12-19-17(21)23-18(3,4)5/h6-7,9,11,13-14,20H,8,10,12H2,1-5H3,(H,19,21)/t13-,14+/m0/s1. The number of ether oxygens (including phenoxy) is 2. The van der Waals surface area contributed by atoms with Crippen molar-refractivity contribution in [2.24, 2.45) is 0 Å². The number of alkyl carbamates (subject to hydrolysis) is 1. The predicted octanol–water partition coefficient (Wildman–Crippen LogP) is 3.29. The summed E-state index contributed by atoms with van der Waals surface area (Å²) >= 11 is 0. The number of aliphatic hydroxyl groups excluding tert-OH is 1. The van der Waals surface area contributed by atoms with E-state index in [1.165, 1.54) is 0 Å². The number of hydrogen-bond acceptors (Lipinski definition) is 4. The lowest BCUT2D eigenvalue weighted by Gasteiger charge is -2.20. The van der Waals surface area contributed by atoms with Crippen LogP contribution in [0.15, 0.2) is 24.3 Å². The Hall–Kier alpha value is -1.75. The molecule has 0 aromatic heterocycles. The molecule has 2 atom stereocenters. The summed E-state index contributed by atoms with van der Waals surface area (Å²) in [6, 6.07) is 7.76. The Bertz CT molecular complexity index is 494. The Morgan fingerprint density at radius 3 is 2.52 bits per heavy atom. The monoisotopic (exact) mass is 323 g/mol. The Morgan fingerprint density at radius 1 is 1.26 bits per heavy atom. The molecule has 2 N–H and O–H groups in total. The first-order valence-corrected chi connectivity index (χ1v) is 8.08. The largest absolute Gasteiger partial charge is 0.488 e. The lowest BCUT2D eigenvalue weighted by molar-refractivity contribution is 0.0526. The fourth-order valence-corrected chi connectivity index (χ4v) is 1.91. The molecule has 0 aliphatic rings. The second kappa shape index (κ2) is 8.77. The molecule has 0 unspecified atom stereocenters. The summed E-state index contributed by atoms with van der Waals surface area (Å²) in [5.74, 6) is 0.776. The molecule has 130 valence electrons. The van der Waals surface area contributed by atoms with Crippen molar-refractivity contribution in [2.75, 3.05) is 6.54 Å². The first-order chi connectivity index (χ1) is 10.7. The molecule has 0 saturated heterocycles. The highest BCUT2D eigenvalue weighted by Crippen LogP contribution is 2.21. The molecule has 0 bridgehead atoms. The number of aliphatic hydroxyl groups is 1. The number of amides is 1. The van der Waals surface area contributed by atoms with Crippen LogP contribution in [0.25, 0.3) is 0 Å². The molecule has 5 heteroatoms. The molecule has 1 rings (SSSR count). The van der Waals surface area contributed by atoms with Gasteiger partial charge in [0.15, 0.2) is 0 Å². The average molecular weight is 323 g/mol. The van der Waals surface area contributed by atoms with E-state index in [1.807, 2.05) is 52.0 Å². The lowest BCUT2D eigenvalue weighted by Crippen LogP contribution is -2.33. The maximum Gasteiger partial charge on any atom is 0.407 e. The van der Waals surface area contributed by atoms with Crippen LogP contribution in [0.1, 0.15) is 46.6 Å². The first-order valence-electron chi connectivity index (χ1n) is 8.08. The van der Waals surface area contributed by atoms with Crippen LogP contribution in [0, 0.1) is 0 Å². The van der Waals surface area contributed by atoms with Crippen molar-refractivity contribution in [3.8, 4) is 5.75 Å². The molecule has 0 spiro atoms. The van der Waals surface area contributed by atoms with Crippen LogP contribution >= 0.6 is 0 Å². The summed E-state index contributed by atoms with van der Waals surface area (Å²) in [5, 5.41) is 12.3. The number of nitrogens with one attached hydrogen (secondary N) is 1. The van der Waals surface area contributed by atoms with Crippen LogP contribution in [0.3, 0.4) is 0 Å². The highest BCUT2D eigenvalue weighted by atomic mass is 16.6. The van der Waals surface area contributed by atoms with Crippen molar-refractivity contribution >= 4 is 6.09 Å². The van der Waals surface area contributed by atoms with Gasteiger partial charge in [-0.25, -0.2) is 4.79 Å². The van der Waals surface area contributed by atoms with Gasteiger partial charge in [0.2, 0.25) is 0 Å². The van der Waals surface area contributed by atoms with Gasteiger partial charge in [-0.05, 0) is 59.1 Å². The zero-order valence-electron chi connectivity index (χ0n) is 14.8. The van der Waals surface area contributed by atoms with Crippen molar-refractivity contribution < 1.29 is 19.4 Å². The molecule has 0 aliphatic carbocycles. The van der Waals surface area contributed by atoms with Gasteiger partial charge in [-0.3, -0.25) is 0 Å². The summed E-state index contributed by atoms with van der Waals surface area (Å²) in [6.45, 7) is 9.59. The fourth-order valence-electron chi connectivity index (χ4n) is 1.91. The second-order valence-corrected chi connectivity index (χ2v) is 6.70. The highest BCUT2D eigenvalue weighted by Gasteiger charge is 2.16. The summed E-state index contributed by atoms with van der Waals surface area (Å²) in [7, 11) is 0. The van der Waals surface area contributed by atoms with E-state index in [0.717, 1.165) is 24.2 Å². The van der Waals surface area contributed by atoms with Crippen LogP contribution in [0.5, 0.6) is 5.75 Å². The minimum Gasteiger partial charge on any atom is -0.488 e. The number of para-hydroxylation sites is 1. The number of carbonyl (C=O) groups is 1.